The maximum Gasteiger partial charge on any atom is 0.280 e. The van der Waals surface area contributed by atoms with Crippen LogP contribution in [0.15, 0.2) is 89.9 Å². The van der Waals surface area contributed by atoms with E-state index in [1.54, 1.807) is 60.7 Å². The highest BCUT2D eigenvalue weighted by atomic mass is 19.1. The molecule has 0 atom stereocenters. The largest absolute Gasteiger partial charge is 0.494 e. The SMILES string of the molecule is O=C1N=C(c2cc(F)c(-c3ccccc3)cc2F)c2c(O)[nH]c(-c3cc(F)c(-c4ccccc4)cc3F)c21. The third kappa shape index (κ3) is 3.69. The van der Waals surface area contributed by atoms with Gasteiger partial charge in [-0.3, -0.25) is 4.79 Å². The van der Waals surface area contributed by atoms with Crippen molar-refractivity contribution in [3.05, 3.63) is 125 Å². The molecule has 186 valence electrons. The number of amides is 1. The molecule has 2 heterocycles. The first-order valence-corrected chi connectivity index (χ1v) is 11.5. The number of fused-ring (bicyclic) bond motifs is 1. The summed E-state index contributed by atoms with van der Waals surface area (Å²) in [6.07, 6.45) is 0. The van der Waals surface area contributed by atoms with Crippen LogP contribution in [0.4, 0.5) is 17.6 Å². The summed E-state index contributed by atoms with van der Waals surface area (Å²) in [5.41, 5.74) is -0.793. The van der Waals surface area contributed by atoms with Gasteiger partial charge in [0.1, 0.15) is 23.3 Å². The minimum atomic E-state index is -0.916. The van der Waals surface area contributed by atoms with E-state index in [0.717, 1.165) is 24.3 Å². The zero-order valence-corrected chi connectivity index (χ0v) is 19.4. The molecule has 0 bridgehead atoms. The Morgan fingerprint density at radius 1 is 0.605 bits per heavy atom. The van der Waals surface area contributed by atoms with Gasteiger partial charge >= 0.3 is 0 Å². The second-order valence-corrected chi connectivity index (χ2v) is 8.72. The Hall–Kier alpha value is -4.98. The van der Waals surface area contributed by atoms with Gasteiger partial charge in [-0.15, -0.1) is 0 Å². The molecule has 38 heavy (non-hydrogen) atoms. The molecule has 1 amide bonds. The summed E-state index contributed by atoms with van der Waals surface area (Å²) in [5, 5.41) is 10.6. The first kappa shape index (κ1) is 23.4. The van der Waals surface area contributed by atoms with E-state index in [-0.39, 0.29) is 44.8 Å². The van der Waals surface area contributed by atoms with Crippen LogP contribution in [-0.4, -0.2) is 21.7 Å². The normalized spacial score (nSPS) is 12.5. The highest BCUT2D eigenvalue weighted by Crippen LogP contribution is 2.41. The number of aliphatic imine (C=N–C) groups is 1. The summed E-state index contributed by atoms with van der Waals surface area (Å²) in [5.74, 6) is -4.79. The maximum absolute atomic E-state index is 15.2. The van der Waals surface area contributed by atoms with Crippen LogP contribution in [0.25, 0.3) is 33.5 Å². The molecule has 4 nitrogen and oxygen atoms in total. The minimum Gasteiger partial charge on any atom is -0.494 e. The van der Waals surface area contributed by atoms with Crippen molar-refractivity contribution in [3.8, 4) is 39.4 Å². The number of benzene rings is 4. The molecule has 0 saturated carbocycles. The molecule has 5 aromatic rings. The number of hydrogen-bond donors (Lipinski definition) is 2. The van der Waals surface area contributed by atoms with E-state index in [0.29, 0.717) is 11.1 Å². The van der Waals surface area contributed by atoms with Gasteiger partial charge < -0.3 is 10.1 Å². The van der Waals surface area contributed by atoms with Crippen molar-refractivity contribution in [2.45, 2.75) is 0 Å². The smallest absolute Gasteiger partial charge is 0.280 e. The summed E-state index contributed by atoms with van der Waals surface area (Å²) in [7, 11) is 0. The Labute approximate surface area is 213 Å². The van der Waals surface area contributed by atoms with E-state index >= 15 is 17.6 Å². The molecule has 4 aromatic carbocycles. The van der Waals surface area contributed by atoms with Crippen molar-refractivity contribution < 1.29 is 27.5 Å². The van der Waals surface area contributed by atoms with Crippen LogP contribution < -0.4 is 0 Å². The molecule has 0 radical (unpaired) electrons. The molecule has 1 aliphatic heterocycles. The van der Waals surface area contributed by atoms with Gasteiger partial charge in [0.2, 0.25) is 0 Å². The first-order chi connectivity index (χ1) is 18.3. The molecule has 1 aliphatic rings. The molecule has 0 saturated heterocycles. The first-order valence-electron chi connectivity index (χ1n) is 11.5. The number of nitrogens with zero attached hydrogens (tertiary/aromatic N) is 1. The summed E-state index contributed by atoms with van der Waals surface area (Å²) in [4.78, 5) is 19.2. The quantitative estimate of drug-likeness (QED) is 0.249. The van der Waals surface area contributed by atoms with Gasteiger partial charge in [0.05, 0.1) is 22.5 Å². The van der Waals surface area contributed by atoms with E-state index in [9.17, 15) is 9.90 Å². The van der Waals surface area contributed by atoms with Crippen LogP contribution in [0.1, 0.15) is 21.5 Å². The predicted molar refractivity (Wildman–Crippen MR) is 135 cm³/mol. The fraction of sp³-hybridized carbons (Fsp3) is 0. The van der Waals surface area contributed by atoms with Crippen molar-refractivity contribution >= 4 is 11.6 Å². The van der Waals surface area contributed by atoms with Gasteiger partial charge in [-0.2, -0.15) is 0 Å². The fourth-order valence-electron chi connectivity index (χ4n) is 4.69. The van der Waals surface area contributed by atoms with Gasteiger partial charge in [-0.05, 0) is 35.4 Å². The van der Waals surface area contributed by atoms with Crippen molar-refractivity contribution in [1.82, 2.24) is 4.98 Å². The monoisotopic (exact) mass is 512 g/mol. The summed E-state index contributed by atoms with van der Waals surface area (Å²) in [6.45, 7) is 0. The van der Waals surface area contributed by atoms with Crippen molar-refractivity contribution in [1.29, 1.82) is 0 Å². The van der Waals surface area contributed by atoms with Crippen molar-refractivity contribution in [2.75, 3.05) is 0 Å². The Morgan fingerprint density at radius 3 is 1.61 bits per heavy atom. The lowest BCUT2D eigenvalue weighted by atomic mass is 9.96. The number of carbonyl (C=O) groups excluding carboxylic acids is 1. The topological polar surface area (TPSA) is 65.4 Å². The molecule has 0 spiro atoms. The number of halogens is 4. The summed E-state index contributed by atoms with van der Waals surface area (Å²) in [6, 6.07) is 20.4. The van der Waals surface area contributed by atoms with E-state index in [2.05, 4.69) is 9.98 Å². The molecular weight excluding hydrogens is 496 g/mol. The molecular formula is C30H16F4N2O2. The number of carbonyl (C=O) groups is 1. The molecule has 0 unspecified atom stereocenters. The van der Waals surface area contributed by atoms with Crippen LogP contribution in [0.2, 0.25) is 0 Å². The standard InChI is InChI=1S/C30H16F4N2O2/c31-21-13-19(23(33)11-17(21)15-7-3-1-4-8-15)27-25-26(30(38)35-27)28(36-29(25)37)20-14-22(32)18(12-24(20)34)16-9-5-2-6-10-16/h1-14,35,38H. The third-order valence-electron chi connectivity index (χ3n) is 6.45. The van der Waals surface area contributed by atoms with E-state index < -0.39 is 35.1 Å². The number of rotatable bonds is 4. The molecule has 0 fully saturated rings. The van der Waals surface area contributed by atoms with Crippen molar-refractivity contribution in [3.63, 3.8) is 0 Å². The van der Waals surface area contributed by atoms with Gasteiger partial charge in [-0.25, -0.2) is 22.6 Å². The number of aromatic hydroxyl groups is 1. The molecule has 0 aliphatic carbocycles. The third-order valence-corrected chi connectivity index (χ3v) is 6.45. The fourth-order valence-corrected chi connectivity index (χ4v) is 4.69. The van der Waals surface area contributed by atoms with Gasteiger partial charge in [0.15, 0.2) is 5.88 Å². The lowest BCUT2D eigenvalue weighted by Crippen LogP contribution is -2.05. The van der Waals surface area contributed by atoms with Crippen LogP contribution in [0.5, 0.6) is 5.88 Å². The number of nitrogens with one attached hydrogen (secondary N) is 1. The number of aromatic nitrogens is 1. The maximum atomic E-state index is 15.2. The average Bonchev–Trinajstić information content (AvgIpc) is 3.45. The molecule has 6 rings (SSSR count). The Bertz CT molecular complexity index is 1780. The van der Waals surface area contributed by atoms with Crippen LogP contribution >= 0.6 is 0 Å². The second-order valence-electron chi connectivity index (χ2n) is 8.72. The van der Waals surface area contributed by atoms with Gasteiger partial charge in [0.25, 0.3) is 5.91 Å². The van der Waals surface area contributed by atoms with Crippen molar-refractivity contribution in [2.24, 2.45) is 4.99 Å². The Morgan fingerprint density at radius 2 is 1.05 bits per heavy atom. The summed E-state index contributed by atoms with van der Waals surface area (Å²) >= 11 is 0. The lowest BCUT2D eigenvalue weighted by Gasteiger charge is -2.09. The lowest BCUT2D eigenvalue weighted by molar-refractivity contribution is 0.101. The predicted octanol–water partition coefficient (Wildman–Crippen LogP) is 7.27. The van der Waals surface area contributed by atoms with Crippen LogP contribution in [0, 0.1) is 23.3 Å². The Kier molecular flexibility index (Phi) is 5.45. The highest BCUT2D eigenvalue weighted by Gasteiger charge is 2.36. The molecule has 8 heteroatoms. The second kappa shape index (κ2) is 8.85. The molecule has 2 N–H and O–H groups in total. The zero-order chi connectivity index (χ0) is 26.6. The number of hydrogen-bond acceptors (Lipinski definition) is 2. The zero-order valence-electron chi connectivity index (χ0n) is 19.4. The van der Waals surface area contributed by atoms with Gasteiger partial charge in [0, 0.05) is 22.3 Å². The average molecular weight is 512 g/mol. The number of H-pyrrole nitrogens is 1. The van der Waals surface area contributed by atoms with E-state index in [1.807, 2.05) is 0 Å². The number of aromatic amines is 1. The summed E-state index contributed by atoms with van der Waals surface area (Å²) < 4.78 is 60.5. The van der Waals surface area contributed by atoms with E-state index in [4.69, 9.17) is 0 Å². The highest BCUT2D eigenvalue weighted by molar-refractivity contribution is 6.30. The minimum absolute atomic E-state index is 0.00651. The van der Waals surface area contributed by atoms with Crippen LogP contribution in [0.3, 0.4) is 0 Å². The molecule has 1 aromatic heterocycles. The van der Waals surface area contributed by atoms with E-state index in [1.165, 1.54) is 0 Å². The van der Waals surface area contributed by atoms with Crippen LogP contribution in [-0.2, 0) is 0 Å². The Balaban J connectivity index is 1.45. The van der Waals surface area contributed by atoms with Gasteiger partial charge in [-0.1, -0.05) is 60.7 Å².